The van der Waals surface area contributed by atoms with E-state index in [1.807, 2.05) is 4.90 Å². The van der Waals surface area contributed by atoms with Gasteiger partial charge >= 0.3 is 0 Å². The third kappa shape index (κ3) is 3.80. The number of piperazine rings is 1. The highest BCUT2D eigenvalue weighted by Crippen LogP contribution is 2.24. The molecule has 3 aliphatic rings. The zero-order chi connectivity index (χ0) is 15.4. The van der Waals surface area contributed by atoms with Gasteiger partial charge in [0, 0.05) is 25.6 Å². The minimum absolute atomic E-state index is 0.164. The van der Waals surface area contributed by atoms with Gasteiger partial charge in [-0.15, -0.1) is 0 Å². The number of hydrogen-bond acceptors (Lipinski definition) is 3. The van der Waals surface area contributed by atoms with Crippen LogP contribution in [0.15, 0.2) is 0 Å². The number of carbonyl (C=O) groups is 2. The lowest BCUT2D eigenvalue weighted by Gasteiger charge is -2.41. The largest absolute Gasteiger partial charge is 0.336 e. The lowest BCUT2D eigenvalue weighted by Crippen LogP contribution is -2.56. The van der Waals surface area contributed by atoms with Gasteiger partial charge in [-0.2, -0.15) is 0 Å². The number of carbonyl (C=O) groups excluding carboxylic acids is 2. The van der Waals surface area contributed by atoms with Gasteiger partial charge in [-0.25, -0.2) is 0 Å². The number of piperidine rings is 1. The normalized spacial score (nSPS) is 25.5. The lowest BCUT2D eigenvalue weighted by atomic mass is 9.93. The molecule has 0 aromatic heterocycles. The van der Waals surface area contributed by atoms with Crippen LogP contribution in [-0.4, -0.2) is 60.4 Å². The highest BCUT2D eigenvalue weighted by molar-refractivity contribution is 5.86. The molecule has 5 nitrogen and oxygen atoms in total. The number of nitrogens with zero attached hydrogens (tertiary/aromatic N) is 2. The van der Waals surface area contributed by atoms with E-state index < -0.39 is 0 Å². The van der Waals surface area contributed by atoms with E-state index in [1.165, 1.54) is 19.3 Å². The highest BCUT2D eigenvalue weighted by Gasteiger charge is 2.32. The van der Waals surface area contributed by atoms with Crippen molar-refractivity contribution in [3.8, 4) is 0 Å². The van der Waals surface area contributed by atoms with E-state index in [2.05, 4.69) is 5.32 Å². The van der Waals surface area contributed by atoms with Crippen LogP contribution in [0.5, 0.6) is 0 Å². The van der Waals surface area contributed by atoms with Gasteiger partial charge in [0.15, 0.2) is 0 Å². The first-order valence-corrected chi connectivity index (χ1v) is 9.02. The SMILES string of the molecule is O=C(CC1CCNCC1)N1CCN(C2CCCCC2)C(=O)C1. The molecule has 0 radical (unpaired) electrons. The fourth-order valence-corrected chi connectivity index (χ4v) is 4.14. The maximum Gasteiger partial charge on any atom is 0.242 e. The van der Waals surface area contributed by atoms with Crippen molar-refractivity contribution >= 4 is 11.8 Å². The molecule has 2 saturated heterocycles. The summed E-state index contributed by atoms with van der Waals surface area (Å²) in [6, 6.07) is 0.433. The second-order valence-electron chi connectivity index (χ2n) is 7.09. The predicted molar refractivity (Wildman–Crippen MR) is 85.4 cm³/mol. The summed E-state index contributed by atoms with van der Waals surface area (Å²) in [7, 11) is 0. The van der Waals surface area contributed by atoms with Crippen LogP contribution < -0.4 is 5.32 Å². The summed E-state index contributed by atoms with van der Waals surface area (Å²) in [5.74, 6) is 0.848. The van der Waals surface area contributed by atoms with Crippen molar-refractivity contribution in [2.75, 3.05) is 32.7 Å². The van der Waals surface area contributed by atoms with Crippen LogP contribution in [0, 0.1) is 5.92 Å². The summed E-state index contributed by atoms with van der Waals surface area (Å²) in [5.41, 5.74) is 0. The molecule has 0 bridgehead atoms. The predicted octanol–water partition coefficient (Wildman–Crippen LogP) is 1.38. The maximum absolute atomic E-state index is 12.4. The molecule has 22 heavy (non-hydrogen) atoms. The molecule has 0 atom stereocenters. The number of rotatable bonds is 3. The Morgan fingerprint density at radius 2 is 1.77 bits per heavy atom. The molecular weight excluding hydrogens is 278 g/mol. The van der Waals surface area contributed by atoms with Crippen LogP contribution in [0.1, 0.15) is 51.4 Å². The molecule has 3 rings (SSSR count). The average molecular weight is 307 g/mol. The van der Waals surface area contributed by atoms with Gasteiger partial charge in [0.1, 0.15) is 0 Å². The van der Waals surface area contributed by atoms with Crippen LogP contribution >= 0.6 is 0 Å². The Labute approximate surface area is 133 Å². The molecule has 1 aliphatic carbocycles. The highest BCUT2D eigenvalue weighted by atomic mass is 16.2. The summed E-state index contributed by atoms with van der Waals surface area (Å²) >= 11 is 0. The van der Waals surface area contributed by atoms with Crippen molar-refractivity contribution in [3.63, 3.8) is 0 Å². The number of hydrogen-bond donors (Lipinski definition) is 1. The molecule has 1 N–H and O–H groups in total. The fourth-order valence-electron chi connectivity index (χ4n) is 4.14. The van der Waals surface area contributed by atoms with Crippen molar-refractivity contribution in [1.82, 2.24) is 15.1 Å². The summed E-state index contributed by atoms with van der Waals surface area (Å²) < 4.78 is 0. The Morgan fingerprint density at radius 3 is 2.45 bits per heavy atom. The van der Waals surface area contributed by atoms with E-state index in [4.69, 9.17) is 0 Å². The topological polar surface area (TPSA) is 52.7 Å². The van der Waals surface area contributed by atoms with Gasteiger partial charge in [-0.05, 0) is 44.7 Å². The average Bonchev–Trinajstić information content (AvgIpc) is 2.56. The molecule has 2 amide bonds. The van der Waals surface area contributed by atoms with E-state index in [0.29, 0.717) is 24.9 Å². The zero-order valence-electron chi connectivity index (χ0n) is 13.6. The third-order valence-corrected chi connectivity index (χ3v) is 5.55. The molecule has 2 heterocycles. The van der Waals surface area contributed by atoms with E-state index in [1.54, 1.807) is 4.90 Å². The van der Waals surface area contributed by atoms with E-state index in [-0.39, 0.29) is 11.8 Å². The van der Waals surface area contributed by atoms with Crippen LogP contribution in [0.2, 0.25) is 0 Å². The first-order chi connectivity index (χ1) is 10.7. The van der Waals surface area contributed by atoms with Crippen LogP contribution in [0.3, 0.4) is 0 Å². The molecule has 0 unspecified atom stereocenters. The molecular formula is C17H29N3O2. The van der Waals surface area contributed by atoms with Gasteiger partial charge in [-0.3, -0.25) is 9.59 Å². The van der Waals surface area contributed by atoms with Crippen LogP contribution in [-0.2, 0) is 9.59 Å². The summed E-state index contributed by atoms with van der Waals surface area (Å²) in [5, 5.41) is 3.33. The van der Waals surface area contributed by atoms with Crippen molar-refractivity contribution < 1.29 is 9.59 Å². The molecule has 0 aromatic rings. The van der Waals surface area contributed by atoms with Crippen molar-refractivity contribution in [2.45, 2.75) is 57.4 Å². The van der Waals surface area contributed by atoms with Crippen molar-refractivity contribution in [2.24, 2.45) is 5.92 Å². The summed E-state index contributed by atoms with van der Waals surface area (Å²) in [6.45, 7) is 3.81. The fraction of sp³-hybridized carbons (Fsp3) is 0.882. The third-order valence-electron chi connectivity index (χ3n) is 5.55. The van der Waals surface area contributed by atoms with Gasteiger partial charge in [0.05, 0.1) is 6.54 Å². The van der Waals surface area contributed by atoms with E-state index in [9.17, 15) is 9.59 Å². The van der Waals surface area contributed by atoms with Crippen molar-refractivity contribution in [1.29, 1.82) is 0 Å². The molecule has 0 spiro atoms. The quantitative estimate of drug-likeness (QED) is 0.857. The Balaban J connectivity index is 1.48. The molecule has 3 fully saturated rings. The van der Waals surface area contributed by atoms with Gasteiger partial charge in [-0.1, -0.05) is 19.3 Å². The van der Waals surface area contributed by atoms with Crippen LogP contribution in [0.4, 0.5) is 0 Å². The monoisotopic (exact) mass is 307 g/mol. The number of nitrogens with one attached hydrogen (secondary N) is 1. The van der Waals surface area contributed by atoms with Crippen LogP contribution in [0.25, 0.3) is 0 Å². The molecule has 0 aromatic carbocycles. The van der Waals surface area contributed by atoms with E-state index in [0.717, 1.165) is 51.9 Å². The van der Waals surface area contributed by atoms with Gasteiger partial charge < -0.3 is 15.1 Å². The molecule has 1 saturated carbocycles. The molecule has 2 aliphatic heterocycles. The van der Waals surface area contributed by atoms with Gasteiger partial charge in [0.25, 0.3) is 0 Å². The zero-order valence-corrected chi connectivity index (χ0v) is 13.6. The first kappa shape index (κ1) is 15.8. The Hall–Kier alpha value is -1.10. The maximum atomic E-state index is 12.4. The first-order valence-electron chi connectivity index (χ1n) is 9.02. The minimum Gasteiger partial charge on any atom is -0.336 e. The standard InChI is InChI=1S/C17H29N3O2/c21-16(12-14-6-8-18-9-7-14)19-10-11-20(17(22)13-19)15-4-2-1-3-5-15/h14-15,18H,1-13H2. The minimum atomic E-state index is 0.164. The number of amides is 2. The lowest BCUT2D eigenvalue weighted by molar-refractivity contribution is -0.148. The summed E-state index contributed by atoms with van der Waals surface area (Å²) in [4.78, 5) is 28.7. The smallest absolute Gasteiger partial charge is 0.242 e. The Morgan fingerprint density at radius 1 is 1.05 bits per heavy atom. The Kier molecular flexibility index (Phi) is 5.34. The molecule has 124 valence electrons. The van der Waals surface area contributed by atoms with E-state index >= 15 is 0 Å². The second-order valence-corrected chi connectivity index (χ2v) is 7.09. The Bertz CT molecular complexity index is 399. The summed E-state index contributed by atoms with van der Waals surface area (Å²) in [6.07, 6.45) is 8.88. The molecule has 5 heteroatoms. The van der Waals surface area contributed by atoms with Gasteiger partial charge in [0.2, 0.25) is 11.8 Å². The second kappa shape index (κ2) is 7.44. The van der Waals surface area contributed by atoms with Crippen molar-refractivity contribution in [3.05, 3.63) is 0 Å².